The Morgan fingerprint density at radius 2 is 2.53 bits per heavy atom. The molecule has 6 heteroatoms. The number of ether oxygens (including phenoxy) is 1. The van der Waals surface area contributed by atoms with E-state index in [1.165, 1.54) is 31.0 Å². The van der Waals surface area contributed by atoms with Crippen LogP contribution in [-0.2, 0) is 16.1 Å². The van der Waals surface area contributed by atoms with Crippen LogP contribution in [0.25, 0.3) is 6.08 Å². The van der Waals surface area contributed by atoms with Crippen LogP contribution >= 0.6 is 0 Å². The molecule has 1 saturated heterocycles. The van der Waals surface area contributed by atoms with E-state index in [-0.39, 0.29) is 12.5 Å². The number of hydrogen-bond acceptors (Lipinski definition) is 5. The Balaban J connectivity index is 2.10. The van der Waals surface area contributed by atoms with Crippen LogP contribution in [0.4, 0.5) is 0 Å². The zero-order valence-electron chi connectivity index (χ0n) is 9.85. The first kappa shape index (κ1) is 11.6. The van der Waals surface area contributed by atoms with E-state index < -0.39 is 0 Å². The number of hydrogen-bond donors (Lipinski definition) is 1. The zero-order chi connectivity index (χ0) is 12.1. The van der Waals surface area contributed by atoms with Gasteiger partial charge >= 0.3 is 5.97 Å². The average Bonchev–Trinajstić information content (AvgIpc) is 2.78. The van der Waals surface area contributed by atoms with Gasteiger partial charge in [0.25, 0.3) is 0 Å². The number of rotatable bonds is 3. The fourth-order valence-electron chi connectivity index (χ4n) is 1.75. The van der Waals surface area contributed by atoms with Crippen LogP contribution in [0.5, 0.6) is 0 Å². The van der Waals surface area contributed by atoms with Gasteiger partial charge < -0.3 is 10.1 Å². The summed E-state index contributed by atoms with van der Waals surface area (Å²) in [6, 6.07) is 0. The third-order valence-corrected chi connectivity index (χ3v) is 2.68. The fourth-order valence-corrected chi connectivity index (χ4v) is 1.75. The van der Waals surface area contributed by atoms with E-state index in [9.17, 15) is 4.79 Å². The van der Waals surface area contributed by atoms with Crippen molar-refractivity contribution in [1.82, 2.24) is 20.1 Å². The normalized spacial score (nSPS) is 17.8. The van der Waals surface area contributed by atoms with Gasteiger partial charge in [-0.15, -0.1) is 0 Å². The molecule has 1 N–H and O–H groups in total. The van der Waals surface area contributed by atoms with Crippen molar-refractivity contribution in [3.05, 3.63) is 17.8 Å². The topological polar surface area (TPSA) is 69.0 Å². The Bertz CT molecular complexity index is 417. The Morgan fingerprint density at radius 3 is 3.24 bits per heavy atom. The Morgan fingerprint density at radius 1 is 1.65 bits per heavy atom. The molecule has 0 aliphatic carbocycles. The van der Waals surface area contributed by atoms with Crippen LogP contribution in [0.15, 0.2) is 12.0 Å². The first-order valence-corrected chi connectivity index (χ1v) is 5.68. The summed E-state index contributed by atoms with van der Waals surface area (Å²) >= 11 is 0. The Labute approximate surface area is 99.7 Å². The predicted octanol–water partition coefficient (Wildman–Crippen LogP) is 0.565. The zero-order valence-corrected chi connectivity index (χ0v) is 9.85. The lowest BCUT2D eigenvalue weighted by molar-refractivity contribution is -0.141. The van der Waals surface area contributed by atoms with Crippen molar-refractivity contribution in [3.8, 4) is 0 Å². The summed E-state index contributed by atoms with van der Waals surface area (Å²) in [4.78, 5) is 15.3. The molecule has 1 aliphatic heterocycles. The number of piperidine rings is 1. The van der Waals surface area contributed by atoms with Gasteiger partial charge in [-0.1, -0.05) is 0 Å². The van der Waals surface area contributed by atoms with Gasteiger partial charge in [-0.05, 0) is 19.3 Å². The quantitative estimate of drug-likeness (QED) is 0.777. The van der Waals surface area contributed by atoms with E-state index in [0.717, 1.165) is 18.7 Å². The number of carbonyl (C=O) groups is 1. The largest absolute Gasteiger partial charge is 0.468 e. The van der Waals surface area contributed by atoms with Crippen LogP contribution in [0, 0.1) is 0 Å². The van der Waals surface area contributed by atoms with E-state index in [2.05, 4.69) is 20.1 Å². The molecule has 92 valence electrons. The van der Waals surface area contributed by atoms with E-state index in [1.807, 2.05) is 6.08 Å². The van der Waals surface area contributed by atoms with Crippen LogP contribution < -0.4 is 5.32 Å². The summed E-state index contributed by atoms with van der Waals surface area (Å²) in [5.41, 5.74) is 1.15. The number of nitrogens with zero attached hydrogens (tertiary/aromatic N) is 3. The molecule has 1 fully saturated rings. The molecule has 1 aliphatic rings. The molecular weight excluding hydrogens is 220 g/mol. The number of nitrogens with one attached hydrogen (secondary N) is 1. The standard InChI is InChI=1S/C11H16N4O2/c1-17-11(16)7-15-10(13-8-14-15)6-9-4-2-3-5-12-9/h6,8,12H,2-5,7H2,1H3. The smallest absolute Gasteiger partial charge is 0.327 e. The molecule has 6 nitrogen and oxygen atoms in total. The van der Waals surface area contributed by atoms with Crippen LogP contribution in [0.1, 0.15) is 25.1 Å². The van der Waals surface area contributed by atoms with Crippen molar-refractivity contribution in [3.63, 3.8) is 0 Å². The lowest BCUT2D eigenvalue weighted by Gasteiger charge is -2.16. The highest BCUT2D eigenvalue weighted by Crippen LogP contribution is 2.13. The molecule has 2 heterocycles. The van der Waals surface area contributed by atoms with Crippen LogP contribution in [0.2, 0.25) is 0 Å². The molecule has 0 spiro atoms. The minimum absolute atomic E-state index is 0.0929. The maximum Gasteiger partial charge on any atom is 0.327 e. The van der Waals surface area contributed by atoms with Crippen molar-refractivity contribution in [2.24, 2.45) is 0 Å². The van der Waals surface area contributed by atoms with Gasteiger partial charge in [-0.3, -0.25) is 4.79 Å². The molecule has 17 heavy (non-hydrogen) atoms. The molecule has 0 amide bonds. The van der Waals surface area contributed by atoms with Gasteiger partial charge in [-0.25, -0.2) is 9.67 Å². The summed E-state index contributed by atoms with van der Waals surface area (Å²) in [5, 5.41) is 7.32. The number of carbonyl (C=O) groups excluding carboxylic acids is 1. The number of allylic oxidation sites excluding steroid dienone is 1. The summed E-state index contributed by atoms with van der Waals surface area (Å²) in [5.74, 6) is 0.353. The molecule has 0 aromatic carbocycles. The molecule has 0 atom stereocenters. The monoisotopic (exact) mass is 236 g/mol. The van der Waals surface area contributed by atoms with E-state index >= 15 is 0 Å². The SMILES string of the molecule is COC(=O)Cn1ncnc1C=C1CCCCN1. The van der Waals surface area contributed by atoms with E-state index in [4.69, 9.17) is 0 Å². The highest BCUT2D eigenvalue weighted by Gasteiger charge is 2.10. The first-order valence-electron chi connectivity index (χ1n) is 5.68. The lowest BCUT2D eigenvalue weighted by Crippen LogP contribution is -2.20. The number of esters is 1. The third-order valence-electron chi connectivity index (χ3n) is 2.68. The lowest BCUT2D eigenvalue weighted by atomic mass is 10.1. The first-order chi connectivity index (χ1) is 8.29. The Kier molecular flexibility index (Phi) is 3.74. The highest BCUT2D eigenvalue weighted by atomic mass is 16.5. The Hall–Kier alpha value is -1.85. The van der Waals surface area contributed by atoms with Crippen molar-refractivity contribution >= 4 is 12.0 Å². The summed E-state index contributed by atoms with van der Waals surface area (Å²) in [6.07, 6.45) is 6.79. The van der Waals surface area contributed by atoms with Crippen LogP contribution in [-0.4, -0.2) is 34.4 Å². The third kappa shape index (κ3) is 3.05. The van der Waals surface area contributed by atoms with Crippen molar-refractivity contribution in [1.29, 1.82) is 0 Å². The molecule has 1 aromatic heterocycles. The highest BCUT2D eigenvalue weighted by molar-refractivity contribution is 5.69. The molecular formula is C11H16N4O2. The molecule has 0 bridgehead atoms. The van der Waals surface area contributed by atoms with Crippen molar-refractivity contribution in [2.75, 3.05) is 13.7 Å². The van der Waals surface area contributed by atoms with Gasteiger partial charge in [0.1, 0.15) is 12.9 Å². The number of aromatic nitrogens is 3. The maximum atomic E-state index is 11.2. The van der Waals surface area contributed by atoms with Gasteiger partial charge in [-0.2, -0.15) is 5.10 Å². The summed E-state index contributed by atoms with van der Waals surface area (Å²) < 4.78 is 6.14. The average molecular weight is 236 g/mol. The fraction of sp³-hybridized carbons (Fsp3) is 0.545. The number of methoxy groups -OCH3 is 1. The molecule has 0 radical (unpaired) electrons. The summed E-state index contributed by atoms with van der Waals surface area (Å²) in [6.45, 7) is 1.09. The van der Waals surface area contributed by atoms with Gasteiger partial charge in [0, 0.05) is 18.3 Å². The second-order valence-electron chi connectivity index (χ2n) is 3.91. The second-order valence-corrected chi connectivity index (χ2v) is 3.91. The van der Waals surface area contributed by atoms with Crippen molar-refractivity contribution in [2.45, 2.75) is 25.8 Å². The predicted molar refractivity (Wildman–Crippen MR) is 61.9 cm³/mol. The summed E-state index contributed by atoms with van der Waals surface area (Å²) in [7, 11) is 1.36. The second kappa shape index (κ2) is 5.47. The molecule has 1 aromatic rings. The minimum Gasteiger partial charge on any atom is -0.468 e. The van der Waals surface area contributed by atoms with E-state index in [1.54, 1.807) is 0 Å². The molecule has 0 unspecified atom stereocenters. The van der Waals surface area contributed by atoms with Crippen molar-refractivity contribution < 1.29 is 9.53 Å². The van der Waals surface area contributed by atoms with Gasteiger partial charge in [0.15, 0.2) is 5.82 Å². The molecule has 2 rings (SSSR count). The molecule has 0 saturated carbocycles. The van der Waals surface area contributed by atoms with E-state index in [0.29, 0.717) is 5.82 Å². The minimum atomic E-state index is -0.327. The maximum absolute atomic E-state index is 11.2. The van der Waals surface area contributed by atoms with Gasteiger partial charge in [0.2, 0.25) is 0 Å². The van der Waals surface area contributed by atoms with Crippen LogP contribution in [0.3, 0.4) is 0 Å². The van der Waals surface area contributed by atoms with Gasteiger partial charge in [0.05, 0.1) is 7.11 Å².